The van der Waals surface area contributed by atoms with E-state index >= 15 is 0 Å². The van der Waals surface area contributed by atoms with Crippen molar-refractivity contribution in [3.63, 3.8) is 0 Å². The molecule has 0 radical (unpaired) electrons. The molecule has 5 nitrogen and oxygen atoms in total. The van der Waals surface area contributed by atoms with Gasteiger partial charge in [0.15, 0.2) is 11.2 Å². The van der Waals surface area contributed by atoms with Gasteiger partial charge in [0.2, 0.25) is 0 Å². The van der Waals surface area contributed by atoms with E-state index in [2.05, 4.69) is 19.4 Å². The quantitative estimate of drug-likeness (QED) is 0.721. The summed E-state index contributed by atoms with van der Waals surface area (Å²) in [6.45, 7) is 1.30. The molecule has 134 valence electrons. The second kappa shape index (κ2) is 7.72. The van der Waals surface area contributed by atoms with E-state index in [0.29, 0.717) is 22.5 Å². The highest BCUT2D eigenvalue weighted by Crippen LogP contribution is 2.17. The summed E-state index contributed by atoms with van der Waals surface area (Å²) in [5.74, 6) is -0.446. The maximum atomic E-state index is 12.3. The van der Waals surface area contributed by atoms with E-state index in [1.807, 2.05) is 24.3 Å². The van der Waals surface area contributed by atoms with Crippen LogP contribution in [0.5, 0.6) is 0 Å². The van der Waals surface area contributed by atoms with Gasteiger partial charge in [0, 0.05) is 23.2 Å². The number of hydrogen-bond acceptors (Lipinski definition) is 3. The molecular weight excluding hydrogens is 352 g/mol. The number of carbonyl (C=O) groups is 1. The van der Waals surface area contributed by atoms with Crippen molar-refractivity contribution in [2.75, 3.05) is 14.1 Å². The molecule has 1 heterocycles. The zero-order chi connectivity index (χ0) is 18.7. The predicted octanol–water partition coefficient (Wildman–Crippen LogP) is 2.02. The Labute approximate surface area is 156 Å². The molecule has 0 aliphatic heterocycles. The number of quaternary nitrogens is 1. The minimum Gasteiger partial charge on any atom is -0.451 e. The summed E-state index contributed by atoms with van der Waals surface area (Å²) in [6, 6.07) is 14.0. The first-order valence-corrected chi connectivity index (χ1v) is 8.68. The maximum Gasteiger partial charge on any atom is 0.287 e. The number of halogens is 1. The standard InChI is InChI=1S/C20H19ClN2O3/c1-23(2)12-14-5-3-13(4-6-14)11-22-20(25)19-10-17(24)16-9-15(21)7-8-18(16)26-19/h3-10H,11-12H2,1-2H3,(H,22,25)/p+1. The second-order valence-electron chi connectivity index (χ2n) is 6.50. The Bertz CT molecular complexity index is 994. The van der Waals surface area contributed by atoms with Crippen molar-refractivity contribution in [2.24, 2.45) is 0 Å². The van der Waals surface area contributed by atoms with Crippen LogP contribution in [0, 0.1) is 0 Å². The molecule has 0 spiro atoms. The average molecular weight is 372 g/mol. The largest absolute Gasteiger partial charge is 0.451 e. The number of carbonyl (C=O) groups excluding carboxylic acids is 1. The van der Waals surface area contributed by atoms with Gasteiger partial charge < -0.3 is 14.6 Å². The molecule has 0 aliphatic rings. The van der Waals surface area contributed by atoms with E-state index in [9.17, 15) is 9.59 Å². The molecule has 2 N–H and O–H groups in total. The second-order valence-corrected chi connectivity index (χ2v) is 6.93. The van der Waals surface area contributed by atoms with Crippen LogP contribution in [0.1, 0.15) is 21.7 Å². The third-order valence-electron chi connectivity index (χ3n) is 3.95. The van der Waals surface area contributed by atoms with Crippen LogP contribution in [0.2, 0.25) is 5.02 Å². The van der Waals surface area contributed by atoms with Crippen LogP contribution in [-0.4, -0.2) is 20.0 Å². The minimum absolute atomic E-state index is 0.0161. The smallest absolute Gasteiger partial charge is 0.287 e. The van der Waals surface area contributed by atoms with E-state index < -0.39 is 5.91 Å². The lowest BCUT2D eigenvalue weighted by Gasteiger charge is -2.09. The summed E-state index contributed by atoms with van der Waals surface area (Å²) in [4.78, 5) is 25.8. The normalized spacial score (nSPS) is 11.1. The molecule has 0 saturated carbocycles. The van der Waals surface area contributed by atoms with E-state index in [0.717, 1.165) is 12.1 Å². The minimum atomic E-state index is -0.430. The van der Waals surface area contributed by atoms with Crippen LogP contribution in [0.3, 0.4) is 0 Å². The number of amides is 1. The number of fused-ring (bicyclic) bond motifs is 1. The van der Waals surface area contributed by atoms with Gasteiger partial charge in [-0.05, 0) is 23.8 Å². The molecule has 0 aliphatic carbocycles. The third-order valence-corrected chi connectivity index (χ3v) is 4.18. The molecule has 26 heavy (non-hydrogen) atoms. The molecule has 0 atom stereocenters. The molecule has 3 rings (SSSR count). The van der Waals surface area contributed by atoms with Crippen molar-refractivity contribution in [1.29, 1.82) is 0 Å². The van der Waals surface area contributed by atoms with E-state index in [1.165, 1.54) is 22.6 Å². The Balaban J connectivity index is 1.71. The molecule has 1 amide bonds. The van der Waals surface area contributed by atoms with Gasteiger partial charge >= 0.3 is 0 Å². The molecule has 3 aromatic rings. The van der Waals surface area contributed by atoms with E-state index in [-0.39, 0.29) is 11.2 Å². The summed E-state index contributed by atoms with van der Waals surface area (Å²) in [5.41, 5.74) is 2.25. The van der Waals surface area contributed by atoms with E-state index in [4.69, 9.17) is 16.0 Å². The molecule has 1 aromatic heterocycles. The summed E-state index contributed by atoms with van der Waals surface area (Å²) in [7, 11) is 4.19. The lowest BCUT2D eigenvalue weighted by molar-refractivity contribution is -0.872. The van der Waals surface area contributed by atoms with Crippen LogP contribution in [-0.2, 0) is 13.1 Å². The first kappa shape index (κ1) is 18.2. The van der Waals surface area contributed by atoms with Crippen LogP contribution in [0.15, 0.2) is 57.7 Å². The average Bonchev–Trinajstić information content (AvgIpc) is 2.61. The first-order valence-electron chi connectivity index (χ1n) is 8.31. The van der Waals surface area contributed by atoms with Gasteiger partial charge in [0.25, 0.3) is 5.91 Å². The summed E-state index contributed by atoms with van der Waals surface area (Å²) >= 11 is 5.89. The SMILES string of the molecule is C[NH+](C)Cc1ccc(CNC(=O)c2cc(=O)c3cc(Cl)ccc3o2)cc1. The number of rotatable bonds is 5. The van der Waals surface area contributed by atoms with Gasteiger partial charge in [-0.1, -0.05) is 35.9 Å². The van der Waals surface area contributed by atoms with Gasteiger partial charge in [-0.25, -0.2) is 0 Å². The monoisotopic (exact) mass is 371 g/mol. The zero-order valence-corrected chi connectivity index (χ0v) is 15.4. The molecule has 0 unspecified atom stereocenters. The third kappa shape index (κ3) is 4.31. The molecule has 2 aromatic carbocycles. The van der Waals surface area contributed by atoms with Gasteiger partial charge in [-0.15, -0.1) is 0 Å². The van der Waals surface area contributed by atoms with Crippen molar-refractivity contribution < 1.29 is 14.1 Å². The van der Waals surface area contributed by atoms with Crippen molar-refractivity contribution in [3.8, 4) is 0 Å². The zero-order valence-electron chi connectivity index (χ0n) is 14.6. The van der Waals surface area contributed by atoms with Gasteiger partial charge in [-0.2, -0.15) is 0 Å². The van der Waals surface area contributed by atoms with Crippen molar-refractivity contribution in [2.45, 2.75) is 13.1 Å². The Morgan fingerprint density at radius 3 is 2.46 bits per heavy atom. The first-order chi connectivity index (χ1) is 12.4. The van der Waals surface area contributed by atoms with Crippen LogP contribution in [0.4, 0.5) is 0 Å². The lowest BCUT2D eigenvalue weighted by atomic mass is 10.1. The molecular formula is C20H20ClN2O3+. The van der Waals surface area contributed by atoms with E-state index in [1.54, 1.807) is 12.1 Å². The fourth-order valence-corrected chi connectivity index (χ4v) is 2.87. The summed E-state index contributed by atoms with van der Waals surface area (Å²) < 4.78 is 5.54. The Hall–Kier alpha value is -2.63. The predicted molar refractivity (Wildman–Crippen MR) is 102 cm³/mol. The van der Waals surface area contributed by atoms with Gasteiger partial charge in [0.05, 0.1) is 19.5 Å². The van der Waals surface area contributed by atoms with Gasteiger partial charge in [0.1, 0.15) is 12.1 Å². The molecule has 0 bridgehead atoms. The summed E-state index contributed by atoms with van der Waals surface area (Å²) in [6.07, 6.45) is 0. The van der Waals surface area contributed by atoms with Crippen LogP contribution >= 0.6 is 11.6 Å². The van der Waals surface area contributed by atoms with Gasteiger partial charge in [-0.3, -0.25) is 9.59 Å². The topological polar surface area (TPSA) is 63.8 Å². The number of nitrogens with one attached hydrogen (secondary N) is 2. The highest BCUT2D eigenvalue weighted by molar-refractivity contribution is 6.31. The fourth-order valence-electron chi connectivity index (χ4n) is 2.69. The van der Waals surface area contributed by atoms with Crippen LogP contribution in [0.25, 0.3) is 11.0 Å². The Morgan fingerprint density at radius 2 is 1.77 bits per heavy atom. The highest BCUT2D eigenvalue weighted by atomic mass is 35.5. The molecule has 6 heteroatoms. The summed E-state index contributed by atoms with van der Waals surface area (Å²) in [5, 5.41) is 3.58. The highest BCUT2D eigenvalue weighted by Gasteiger charge is 2.12. The molecule has 0 fully saturated rings. The Morgan fingerprint density at radius 1 is 1.08 bits per heavy atom. The van der Waals surface area contributed by atoms with Crippen LogP contribution < -0.4 is 15.6 Å². The molecule has 0 saturated heterocycles. The maximum absolute atomic E-state index is 12.3. The fraction of sp³-hybridized carbons (Fsp3) is 0.200. The number of benzene rings is 2. The lowest BCUT2D eigenvalue weighted by Crippen LogP contribution is -3.04. The Kier molecular flexibility index (Phi) is 5.40. The number of hydrogen-bond donors (Lipinski definition) is 2. The van der Waals surface area contributed by atoms with Crippen molar-refractivity contribution >= 4 is 28.5 Å². The van der Waals surface area contributed by atoms with Crippen molar-refractivity contribution in [3.05, 3.63) is 80.7 Å². The van der Waals surface area contributed by atoms with Crippen molar-refractivity contribution in [1.82, 2.24) is 5.32 Å².